The Morgan fingerprint density at radius 3 is 1.03 bits per heavy atom. The van der Waals surface area contributed by atoms with Gasteiger partial charge in [-0.15, -0.1) is 0 Å². The molecule has 0 radical (unpaired) electrons. The van der Waals surface area contributed by atoms with Crippen molar-refractivity contribution in [3.05, 3.63) is 68.8 Å². The second-order valence-corrected chi connectivity index (χ2v) is 13.6. The molecule has 0 N–H and O–H groups in total. The monoisotopic (exact) mass is 432 g/mol. The Labute approximate surface area is 193 Å². The number of allylic oxidation sites excluding steroid dienone is 2. The highest BCUT2D eigenvalue weighted by Gasteiger charge is 2.46. The maximum atomic E-state index is 2.56. The van der Waals surface area contributed by atoms with Gasteiger partial charge in [-0.05, 0) is 108 Å². The summed E-state index contributed by atoms with van der Waals surface area (Å²) >= 11 is 0. The fraction of sp³-hybridized carbons (Fsp3) is 0.533. The van der Waals surface area contributed by atoms with Crippen molar-refractivity contribution in [3.63, 3.8) is 0 Å². The van der Waals surface area contributed by atoms with E-state index in [0.717, 1.165) is 38.5 Å². The van der Waals surface area contributed by atoms with E-state index in [1.807, 2.05) is 0 Å². The van der Waals surface area contributed by atoms with Crippen molar-refractivity contribution in [2.45, 2.75) is 106 Å². The Balaban J connectivity index is 2.44. The number of benzene rings is 2. The molecule has 0 amide bonds. The molecule has 3 rings (SSSR count). The molecule has 0 aliphatic carbocycles. The highest BCUT2D eigenvalue weighted by molar-refractivity contribution is 7.04. The molecular formula is C30H44Si. The molecule has 31 heavy (non-hydrogen) atoms. The zero-order chi connectivity index (χ0) is 22.8. The molecule has 0 saturated carbocycles. The number of hydrogen-bond donors (Lipinski definition) is 0. The average molecular weight is 433 g/mol. The number of aryl methyl sites for hydroxylation is 6. The van der Waals surface area contributed by atoms with Crippen LogP contribution in [0.15, 0.2) is 35.4 Å². The molecule has 0 spiro atoms. The van der Waals surface area contributed by atoms with Gasteiger partial charge in [0.1, 0.15) is 8.07 Å². The van der Waals surface area contributed by atoms with E-state index in [4.69, 9.17) is 0 Å². The Hall–Kier alpha value is -1.60. The van der Waals surface area contributed by atoms with E-state index in [-0.39, 0.29) is 0 Å². The van der Waals surface area contributed by atoms with Gasteiger partial charge in [-0.2, -0.15) is 0 Å². The highest BCUT2D eigenvalue weighted by Crippen LogP contribution is 2.38. The molecule has 0 saturated heterocycles. The van der Waals surface area contributed by atoms with Gasteiger partial charge < -0.3 is 0 Å². The van der Waals surface area contributed by atoms with Gasteiger partial charge in [0.2, 0.25) is 0 Å². The van der Waals surface area contributed by atoms with E-state index in [9.17, 15) is 0 Å². The van der Waals surface area contributed by atoms with Gasteiger partial charge in [-0.3, -0.25) is 0 Å². The van der Waals surface area contributed by atoms with E-state index in [1.54, 1.807) is 43.8 Å². The molecule has 0 nitrogen and oxygen atoms in total. The van der Waals surface area contributed by atoms with Crippen LogP contribution in [-0.2, 0) is 38.5 Å². The second-order valence-electron chi connectivity index (χ2n) is 9.70. The minimum absolute atomic E-state index is 1.14. The molecule has 168 valence electrons. The van der Waals surface area contributed by atoms with Gasteiger partial charge >= 0.3 is 0 Å². The lowest BCUT2D eigenvalue weighted by atomic mass is 10.00. The van der Waals surface area contributed by atoms with Crippen LogP contribution in [0.1, 0.15) is 88.8 Å². The first-order valence-corrected chi connectivity index (χ1v) is 15.3. The first-order valence-electron chi connectivity index (χ1n) is 12.8. The largest absolute Gasteiger partial charge is 0.127 e. The van der Waals surface area contributed by atoms with E-state index in [1.165, 1.54) is 23.2 Å². The van der Waals surface area contributed by atoms with Crippen LogP contribution in [0.2, 0.25) is 12.1 Å². The lowest BCUT2D eigenvalue weighted by Gasteiger charge is -2.37. The third-order valence-corrected chi connectivity index (χ3v) is 13.3. The standard InChI is InChI=1S/C30H44Si/c1-9-23-15-25(11-3)29(26(12-4)16-23)31(19-21(7)22(8)20-31)30-27(13-5)17-24(10-2)18-28(30)14-6/h15-18H,9-14,19-20H2,1-8H3. The summed E-state index contributed by atoms with van der Waals surface area (Å²) in [5, 5.41) is 3.61. The van der Waals surface area contributed by atoms with Crippen molar-refractivity contribution in [1.29, 1.82) is 0 Å². The Morgan fingerprint density at radius 2 is 0.806 bits per heavy atom. The fourth-order valence-corrected chi connectivity index (χ4v) is 13.1. The zero-order valence-electron chi connectivity index (χ0n) is 21.5. The van der Waals surface area contributed by atoms with Crippen molar-refractivity contribution in [2.75, 3.05) is 0 Å². The minimum Gasteiger partial charge on any atom is -0.0767 e. The maximum Gasteiger partial charge on any atom is 0.127 e. The molecule has 1 heterocycles. The predicted molar refractivity (Wildman–Crippen MR) is 142 cm³/mol. The molecule has 1 heteroatoms. The van der Waals surface area contributed by atoms with Crippen LogP contribution in [-0.4, -0.2) is 8.07 Å². The summed E-state index contributed by atoms with van der Waals surface area (Å²) in [5.74, 6) is 0. The fourth-order valence-electron chi connectivity index (χ4n) is 6.18. The van der Waals surface area contributed by atoms with E-state index in [0.29, 0.717) is 0 Å². The van der Waals surface area contributed by atoms with Gasteiger partial charge in [0.05, 0.1) is 0 Å². The molecule has 0 bridgehead atoms. The van der Waals surface area contributed by atoms with Gasteiger partial charge in [0.25, 0.3) is 0 Å². The molecule has 1 aliphatic rings. The zero-order valence-corrected chi connectivity index (χ0v) is 22.5. The van der Waals surface area contributed by atoms with Crippen LogP contribution < -0.4 is 10.4 Å². The first-order chi connectivity index (χ1) is 14.9. The molecule has 2 aromatic carbocycles. The topological polar surface area (TPSA) is 0 Å². The third-order valence-electron chi connectivity index (χ3n) is 7.88. The van der Waals surface area contributed by atoms with Crippen LogP contribution in [0.25, 0.3) is 0 Å². The van der Waals surface area contributed by atoms with Crippen LogP contribution in [0, 0.1) is 0 Å². The summed E-state index contributed by atoms with van der Waals surface area (Å²) in [6.07, 6.45) is 6.88. The van der Waals surface area contributed by atoms with Crippen molar-refractivity contribution in [1.82, 2.24) is 0 Å². The number of hydrogen-bond acceptors (Lipinski definition) is 0. The second kappa shape index (κ2) is 9.90. The summed E-state index contributed by atoms with van der Waals surface area (Å²) < 4.78 is 0. The van der Waals surface area contributed by atoms with Crippen LogP contribution in [0.5, 0.6) is 0 Å². The number of rotatable bonds is 8. The van der Waals surface area contributed by atoms with Crippen molar-refractivity contribution in [3.8, 4) is 0 Å². The smallest absolute Gasteiger partial charge is 0.0767 e. The van der Waals surface area contributed by atoms with Crippen LogP contribution >= 0.6 is 0 Å². The molecule has 0 atom stereocenters. The SMILES string of the molecule is CCc1cc(CC)c([Si]2(c3c(CC)cc(CC)cc3CC)CC(C)=C(C)C2)c(CC)c1. The van der Waals surface area contributed by atoms with E-state index < -0.39 is 8.07 Å². The third kappa shape index (κ3) is 4.23. The van der Waals surface area contributed by atoms with E-state index in [2.05, 4.69) is 79.7 Å². The van der Waals surface area contributed by atoms with Gasteiger partial charge in [0.15, 0.2) is 0 Å². The maximum absolute atomic E-state index is 2.56. The lowest BCUT2D eigenvalue weighted by Crippen LogP contribution is -2.61. The van der Waals surface area contributed by atoms with Crippen LogP contribution in [0.3, 0.4) is 0 Å². The summed E-state index contributed by atoms with van der Waals surface area (Å²) in [6.45, 7) is 19.0. The molecule has 2 aromatic rings. The van der Waals surface area contributed by atoms with Crippen LogP contribution in [0.4, 0.5) is 0 Å². The normalized spacial score (nSPS) is 15.7. The van der Waals surface area contributed by atoms with E-state index >= 15 is 0 Å². The van der Waals surface area contributed by atoms with Crippen molar-refractivity contribution < 1.29 is 0 Å². The molecular weight excluding hydrogens is 388 g/mol. The highest BCUT2D eigenvalue weighted by atomic mass is 28.3. The molecule has 1 aliphatic heterocycles. The summed E-state index contributed by atoms with van der Waals surface area (Å²) in [7, 11) is -1.92. The quantitative estimate of drug-likeness (QED) is 0.312. The predicted octanol–water partition coefficient (Wildman–Crippen LogP) is 6.97. The van der Waals surface area contributed by atoms with Crippen molar-refractivity contribution >= 4 is 18.4 Å². The molecule has 0 aromatic heterocycles. The minimum atomic E-state index is -1.92. The Kier molecular flexibility index (Phi) is 7.68. The Morgan fingerprint density at radius 1 is 0.516 bits per heavy atom. The summed E-state index contributed by atoms with van der Waals surface area (Å²) in [6, 6.07) is 12.9. The Bertz CT molecular complexity index is 846. The summed E-state index contributed by atoms with van der Waals surface area (Å²) in [4.78, 5) is 0. The average Bonchev–Trinajstić information content (AvgIpc) is 3.10. The first kappa shape index (κ1) is 24.0. The summed E-state index contributed by atoms with van der Waals surface area (Å²) in [5.41, 5.74) is 13.0. The lowest BCUT2D eigenvalue weighted by molar-refractivity contribution is 1.04. The van der Waals surface area contributed by atoms with Gasteiger partial charge in [-0.25, -0.2) is 0 Å². The van der Waals surface area contributed by atoms with Crippen molar-refractivity contribution in [2.24, 2.45) is 0 Å². The van der Waals surface area contributed by atoms with Gasteiger partial charge in [-0.1, -0.05) is 77.0 Å². The molecule has 0 unspecified atom stereocenters. The molecule has 0 fully saturated rings. The van der Waals surface area contributed by atoms with Gasteiger partial charge in [0, 0.05) is 0 Å².